The molecule has 8 aromatic rings. The number of hydrogen-bond acceptors (Lipinski definition) is 2. The van der Waals surface area contributed by atoms with Crippen molar-refractivity contribution in [2.75, 3.05) is 4.90 Å². The Kier molecular flexibility index (Phi) is 6.97. The summed E-state index contributed by atoms with van der Waals surface area (Å²) in [4.78, 5) is 2.51. The lowest BCUT2D eigenvalue weighted by molar-refractivity contribution is -0.0397. The van der Waals surface area contributed by atoms with Crippen molar-refractivity contribution in [3.05, 3.63) is 174 Å². The third-order valence-corrected chi connectivity index (χ3v) is 15.4. The van der Waals surface area contributed by atoms with Crippen LogP contribution in [-0.2, 0) is 5.41 Å². The van der Waals surface area contributed by atoms with Crippen LogP contribution in [0.4, 0.5) is 17.1 Å². The number of anilines is 3. The number of fused-ring (bicyclic) bond motifs is 6. The molecule has 0 N–H and O–H groups in total. The molecule has 0 radical (unpaired) electrons. The molecule has 2 heteroatoms. The number of benzene rings is 7. The second kappa shape index (κ2) is 12.0. The van der Waals surface area contributed by atoms with E-state index in [1.54, 1.807) is 11.1 Å². The SMILES string of the molecule is Cc1cc(N(c2cccc(-c3ccccc3)c2)c2cccc3c2sc2ccccc23)ccc1-c1cccc2c1C1(c3ccccc3-2)C2CC3CC(C2)CC1C3. The zero-order valence-corrected chi connectivity index (χ0v) is 32.0. The monoisotopic (exact) mass is 725 g/mol. The van der Waals surface area contributed by atoms with Crippen molar-refractivity contribution in [1.82, 2.24) is 0 Å². The van der Waals surface area contributed by atoms with Crippen LogP contribution in [0.25, 0.3) is 53.6 Å². The van der Waals surface area contributed by atoms with Crippen molar-refractivity contribution in [3.63, 3.8) is 0 Å². The molecule has 4 saturated carbocycles. The van der Waals surface area contributed by atoms with E-state index in [1.807, 2.05) is 11.3 Å². The van der Waals surface area contributed by atoms with Crippen molar-refractivity contribution in [3.8, 4) is 33.4 Å². The van der Waals surface area contributed by atoms with Gasteiger partial charge >= 0.3 is 0 Å². The quantitative estimate of drug-likeness (QED) is 0.171. The predicted octanol–water partition coefficient (Wildman–Crippen LogP) is 14.9. The summed E-state index contributed by atoms with van der Waals surface area (Å²) in [5.41, 5.74) is 16.6. The largest absolute Gasteiger partial charge is 0.309 e. The Morgan fingerprint density at radius 3 is 1.96 bits per heavy atom. The lowest BCUT2D eigenvalue weighted by Crippen LogP contribution is -2.55. The van der Waals surface area contributed by atoms with Gasteiger partial charge in [0.15, 0.2) is 0 Å². The number of thiophene rings is 1. The average molecular weight is 726 g/mol. The lowest BCUT2D eigenvalue weighted by atomic mass is 9.42. The van der Waals surface area contributed by atoms with E-state index in [4.69, 9.17) is 0 Å². The van der Waals surface area contributed by atoms with Gasteiger partial charge in [0.1, 0.15) is 0 Å². The topological polar surface area (TPSA) is 3.24 Å². The van der Waals surface area contributed by atoms with Crippen LogP contribution in [0.2, 0.25) is 0 Å². The Morgan fingerprint density at radius 2 is 1.15 bits per heavy atom. The van der Waals surface area contributed by atoms with Gasteiger partial charge in [-0.25, -0.2) is 0 Å². The molecule has 5 aliphatic rings. The summed E-state index contributed by atoms with van der Waals surface area (Å²) in [5, 5.41) is 2.64. The first-order valence-corrected chi connectivity index (χ1v) is 21.2. The fourth-order valence-electron chi connectivity index (χ4n) is 12.3. The summed E-state index contributed by atoms with van der Waals surface area (Å²) < 4.78 is 2.64. The Labute approximate surface area is 327 Å². The third kappa shape index (κ3) is 4.58. The second-order valence-corrected chi connectivity index (χ2v) is 18.0. The van der Waals surface area contributed by atoms with E-state index in [0.29, 0.717) is 0 Å². The van der Waals surface area contributed by atoms with Crippen molar-refractivity contribution >= 4 is 48.6 Å². The van der Waals surface area contributed by atoms with Crippen molar-refractivity contribution in [1.29, 1.82) is 0 Å². The Hall–Kier alpha value is -5.44. The molecule has 0 saturated heterocycles. The van der Waals surface area contributed by atoms with Gasteiger partial charge in [-0.3, -0.25) is 0 Å². The van der Waals surface area contributed by atoms with Crippen molar-refractivity contribution in [2.24, 2.45) is 23.7 Å². The summed E-state index contributed by atoms with van der Waals surface area (Å²) in [5.74, 6) is 3.32. The average Bonchev–Trinajstić information content (AvgIpc) is 3.75. The van der Waals surface area contributed by atoms with E-state index >= 15 is 0 Å². The first kappa shape index (κ1) is 31.9. The van der Waals surface area contributed by atoms with Crippen LogP contribution in [-0.4, -0.2) is 0 Å². The maximum Gasteiger partial charge on any atom is 0.0640 e. The zero-order chi connectivity index (χ0) is 36.3. The molecule has 1 nitrogen and oxygen atoms in total. The third-order valence-electron chi connectivity index (χ3n) is 14.2. The Morgan fingerprint density at radius 1 is 0.509 bits per heavy atom. The van der Waals surface area contributed by atoms with Crippen molar-refractivity contribution in [2.45, 2.75) is 44.4 Å². The first-order valence-electron chi connectivity index (χ1n) is 20.4. The van der Waals surface area contributed by atoms with E-state index in [9.17, 15) is 0 Å². The van der Waals surface area contributed by atoms with Gasteiger partial charge in [-0.1, -0.05) is 121 Å². The van der Waals surface area contributed by atoms with E-state index < -0.39 is 0 Å². The van der Waals surface area contributed by atoms with Crippen LogP contribution in [0.1, 0.15) is 48.8 Å². The second-order valence-electron chi connectivity index (χ2n) is 17.0. The van der Waals surface area contributed by atoms with Gasteiger partial charge in [0.05, 0.1) is 10.4 Å². The normalized spacial score (nSPS) is 23.1. The van der Waals surface area contributed by atoms with E-state index in [1.165, 1.54) is 108 Å². The summed E-state index contributed by atoms with van der Waals surface area (Å²) in [6, 6.07) is 59.6. The molecule has 0 amide bonds. The highest BCUT2D eigenvalue weighted by Crippen LogP contribution is 2.70. The molecule has 13 rings (SSSR count). The van der Waals surface area contributed by atoms with Crippen LogP contribution in [0, 0.1) is 30.6 Å². The molecule has 0 aliphatic heterocycles. The summed E-state index contributed by atoms with van der Waals surface area (Å²) in [7, 11) is 0. The van der Waals surface area contributed by atoms with Gasteiger partial charge in [0.25, 0.3) is 0 Å². The maximum absolute atomic E-state index is 2.51. The van der Waals surface area contributed by atoms with Crippen molar-refractivity contribution < 1.29 is 0 Å². The van der Waals surface area contributed by atoms with E-state index in [2.05, 4.69) is 170 Å². The van der Waals surface area contributed by atoms with Crippen LogP contribution in [0.3, 0.4) is 0 Å². The van der Waals surface area contributed by atoms with E-state index in [-0.39, 0.29) is 5.41 Å². The number of hydrogen-bond donors (Lipinski definition) is 0. The van der Waals surface area contributed by atoms with E-state index in [0.717, 1.165) is 23.7 Å². The Balaban J connectivity index is 1.05. The van der Waals surface area contributed by atoms with Crippen LogP contribution >= 0.6 is 11.3 Å². The fourth-order valence-corrected chi connectivity index (χ4v) is 13.5. The van der Waals surface area contributed by atoms with Gasteiger partial charge < -0.3 is 4.90 Å². The van der Waals surface area contributed by atoms with Crippen LogP contribution in [0.5, 0.6) is 0 Å². The molecule has 7 aromatic carbocycles. The number of nitrogens with zero attached hydrogens (tertiary/aromatic N) is 1. The highest BCUT2D eigenvalue weighted by molar-refractivity contribution is 7.26. The number of aryl methyl sites for hydroxylation is 1. The summed E-state index contributed by atoms with van der Waals surface area (Å²) >= 11 is 1.90. The smallest absolute Gasteiger partial charge is 0.0640 e. The molecule has 1 aromatic heterocycles. The Bertz CT molecular complexity index is 2780. The highest BCUT2D eigenvalue weighted by Gasteiger charge is 2.62. The molecule has 4 bridgehead atoms. The first-order chi connectivity index (χ1) is 27.1. The molecule has 1 heterocycles. The maximum atomic E-state index is 2.51. The predicted molar refractivity (Wildman–Crippen MR) is 233 cm³/mol. The molecular weight excluding hydrogens is 683 g/mol. The molecule has 5 aliphatic carbocycles. The van der Waals surface area contributed by atoms with Crippen LogP contribution in [0.15, 0.2) is 158 Å². The highest BCUT2D eigenvalue weighted by atomic mass is 32.1. The molecular formula is C53H43NS. The van der Waals surface area contributed by atoms with Crippen LogP contribution < -0.4 is 4.90 Å². The zero-order valence-electron chi connectivity index (χ0n) is 31.2. The van der Waals surface area contributed by atoms with Gasteiger partial charge in [-0.15, -0.1) is 11.3 Å². The molecule has 4 fully saturated rings. The fraction of sp³-hybridized carbons (Fsp3) is 0.208. The molecule has 0 unspecified atom stereocenters. The minimum Gasteiger partial charge on any atom is -0.309 e. The lowest BCUT2D eigenvalue weighted by Gasteiger charge is -2.61. The minimum absolute atomic E-state index is 0.127. The molecule has 55 heavy (non-hydrogen) atoms. The molecule has 266 valence electrons. The van der Waals surface area contributed by atoms with Gasteiger partial charge in [-0.2, -0.15) is 0 Å². The molecule has 1 spiro atoms. The number of rotatable bonds is 5. The molecule has 0 atom stereocenters. The van der Waals surface area contributed by atoms with Gasteiger partial charge in [-0.05, 0) is 149 Å². The standard InChI is InChI=1S/C53H43NS/c1-33-26-41(54(40-15-9-14-37(32-40)36-12-3-2-4-13-36)49-22-11-20-47-44-17-6-8-23-50(44)55-52(47)49)24-25-42(33)45-18-10-19-46-43-16-5-7-21-48(43)53(51(45)46)38-28-34-27-35(30-38)31-39(53)29-34/h2-26,32,34-35,38-39H,27-31H2,1H3. The van der Waals surface area contributed by atoms with Gasteiger partial charge in [0, 0.05) is 32.3 Å². The summed E-state index contributed by atoms with van der Waals surface area (Å²) in [6.45, 7) is 2.35. The minimum atomic E-state index is 0.127. The summed E-state index contributed by atoms with van der Waals surface area (Å²) in [6.07, 6.45) is 7.06. The van der Waals surface area contributed by atoms with Gasteiger partial charge in [0.2, 0.25) is 0 Å².